The highest BCUT2D eigenvalue weighted by molar-refractivity contribution is 5.89. The molecule has 0 saturated heterocycles. The maximum Gasteiger partial charge on any atom is 0.337 e. The minimum Gasteiger partial charge on any atom is -0.465 e. The van der Waals surface area contributed by atoms with E-state index >= 15 is 0 Å². The van der Waals surface area contributed by atoms with E-state index in [0.717, 1.165) is 18.8 Å². The zero-order chi connectivity index (χ0) is 20.6. The molecule has 2 aromatic rings. The van der Waals surface area contributed by atoms with Crippen LogP contribution in [0.4, 0.5) is 11.4 Å². The van der Waals surface area contributed by atoms with Gasteiger partial charge in [0.1, 0.15) is 0 Å². The minimum atomic E-state index is -0.291. The maximum absolute atomic E-state index is 11.4. The number of unbranched alkanes of at least 4 members (excludes halogenated alkanes) is 8. The minimum absolute atomic E-state index is 0.291. The Hall–Kier alpha value is -2.49. The second-order valence-electron chi connectivity index (χ2n) is 7.47. The number of carbonyl (C=O) groups excluding carboxylic acids is 1. The van der Waals surface area contributed by atoms with Crippen LogP contribution in [0.2, 0.25) is 0 Å². The van der Waals surface area contributed by atoms with Gasteiger partial charge in [-0.1, -0.05) is 63.1 Å². The molecule has 2 rings (SSSR count). The molecule has 0 saturated carbocycles. The summed E-state index contributed by atoms with van der Waals surface area (Å²) in [4.78, 5) is 11.4. The Kier molecular flexibility index (Phi) is 11.4. The third kappa shape index (κ3) is 10.0. The van der Waals surface area contributed by atoms with Crippen molar-refractivity contribution in [1.29, 1.82) is 0 Å². The Morgan fingerprint density at radius 2 is 1.10 bits per heavy atom. The number of ether oxygens (including phenoxy) is 1. The Labute approximate surface area is 176 Å². The molecular formula is C25H36N2O2. The summed E-state index contributed by atoms with van der Waals surface area (Å²) in [5.41, 5.74) is 2.87. The standard InChI is InChI=1S/C25H36N2O2/c1-29-25(28)22-16-18-24(19-17-22)27-21-13-8-6-4-2-3-5-7-12-20-26-23-14-10-9-11-15-23/h9-11,14-19,26-27H,2-8,12-13,20-21H2,1H3. The van der Waals surface area contributed by atoms with E-state index in [2.05, 4.69) is 34.9 Å². The van der Waals surface area contributed by atoms with Crippen LogP contribution in [0.3, 0.4) is 0 Å². The van der Waals surface area contributed by atoms with E-state index in [1.807, 2.05) is 18.2 Å². The number of hydrogen-bond acceptors (Lipinski definition) is 4. The highest BCUT2D eigenvalue weighted by atomic mass is 16.5. The average Bonchev–Trinajstić information content (AvgIpc) is 2.77. The van der Waals surface area contributed by atoms with Gasteiger partial charge in [-0.15, -0.1) is 0 Å². The average molecular weight is 397 g/mol. The zero-order valence-corrected chi connectivity index (χ0v) is 17.8. The van der Waals surface area contributed by atoms with Gasteiger partial charge in [-0.25, -0.2) is 4.79 Å². The molecule has 4 nitrogen and oxygen atoms in total. The van der Waals surface area contributed by atoms with Crippen molar-refractivity contribution in [1.82, 2.24) is 0 Å². The smallest absolute Gasteiger partial charge is 0.337 e. The lowest BCUT2D eigenvalue weighted by Crippen LogP contribution is -2.03. The molecule has 4 heteroatoms. The van der Waals surface area contributed by atoms with E-state index < -0.39 is 0 Å². The van der Waals surface area contributed by atoms with E-state index in [9.17, 15) is 4.79 Å². The van der Waals surface area contributed by atoms with Crippen LogP contribution >= 0.6 is 0 Å². The fourth-order valence-electron chi connectivity index (χ4n) is 3.35. The Balaban J connectivity index is 1.36. The molecule has 0 aliphatic carbocycles. The summed E-state index contributed by atoms with van der Waals surface area (Å²) in [7, 11) is 1.40. The van der Waals surface area contributed by atoms with E-state index in [1.54, 1.807) is 12.1 Å². The second kappa shape index (κ2) is 14.5. The highest BCUT2D eigenvalue weighted by Gasteiger charge is 2.03. The van der Waals surface area contributed by atoms with Crippen LogP contribution in [0.25, 0.3) is 0 Å². The van der Waals surface area contributed by atoms with Gasteiger partial charge in [0.25, 0.3) is 0 Å². The number of methoxy groups -OCH3 is 1. The molecule has 0 amide bonds. The lowest BCUT2D eigenvalue weighted by Gasteiger charge is -2.07. The molecule has 0 unspecified atom stereocenters. The van der Waals surface area contributed by atoms with Gasteiger partial charge >= 0.3 is 5.97 Å². The molecule has 0 bridgehead atoms. The fourth-order valence-corrected chi connectivity index (χ4v) is 3.35. The molecule has 0 aliphatic rings. The van der Waals surface area contributed by atoms with Gasteiger partial charge in [0, 0.05) is 24.5 Å². The van der Waals surface area contributed by atoms with Gasteiger partial charge in [-0.3, -0.25) is 0 Å². The summed E-state index contributed by atoms with van der Waals surface area (Å²) in [6.07, 6.45) is 11.7. The monoisotopic (exact) mass is 396 g/mol. The number of rotatable bonds is 15. The van der Waals surface area contributed by atoms with E-state index in [1.165, 1.54) is 70.6 Å². The molecule has 0 atom stereocenters. The topological polar surface area (TPSA) is 50.4 Å². The van der Waals surface area contributed by atoms with Crippen molar-refractivity contribution in [2.45, 2.75) is 57.8 Å². The predicted molar refractivity (Wildman–Crippen MR) is 123 cm³/mol. The van der Waals surface area contributed by atoms with Crippen LogP contribution in [-0.2, 0) is 4.74 Å². The van der Waals surface area contributed by atoms with E-state index in [-0.39, 0.29) is 5.97 Å². The first-order valence-electron chi connectivity index (χ1n) is 11.0. The molecule has 158 valence electrons. The van der Waals surface area contributed by atoms with Gasteiger partial charge in [-0.05, 0) is 49.2 Å². The summed E-state index contributed by atoms with van der Waals surface area (Å²) in [6.45, 7) is 2.05. The van der Waals surface area contributed by atoms with E-state index in [0.29, 0.717) is 5.56 Å². The normalized spacial score (nSPS) is 10.5. The summed E-state index contributed by atoms with van der Waals surface area (Å²) >= 11 is 0. The van der Waals surface area contributed by atoms with Crippen LogP contribution in [-0.4, -0.2) is 26.2 Å². The SMILES string of the molecule is COC(=O)c1ccc(NCCCCCCCCCCCNc2ccccc2)cc1. The van der Waals surface area contributed by atoms with Crippen molar-refractivity contribution in [3.05, 3.63) is 60.2 Å². The number of para-hydroxylation sites is 1. The van der Waals surface area contributed by atoms with Crippen LogP contribution in [0.5, 0.6) is 0 Å². The molecule has 0 spiro atoms. The van der Waals surface area contributed by atoms with Gasteiger partial charge in [-0.2, -0.15) is 0 Å². The molecule has 0 aromatic heterocycles. The Morgan fingerprint density at radius 1 is 0.655 bits per heavy atom. The van der Waals surface area contributed by atoms with Gasteiger partial charge in [0.15, 0.2) is 0 Å². The van der Waals surface area contributed by atoms with Crippen LogP contribution in [0.1, 0.15) is 68.1 Å². The second-order valence-corrected chi connectivity index (χ2v) is 7.47. The first-order valence-corrected chi connectivity index (χ1v) is 11.0. The molecule has 0 heterocycles. The van der Waals surface area contributed by atoms with Gasteiger partial charge < -0.3 is 15.4 Å². The predicted octanol–water partition coefficient (Wildman–Crippen LogP) is 6.51. The molecule has 29 heavy (non-hydrogen) atoms. The number of esters is 1. The van der Waals surface area contributed by atoms with Crippen molar-refractivity contribution in [2.24, 2.45) is 0 Å². The molecule has 0 aliphatic heterocycles. The summed E-state index contributed by atoms with van der Waals surface area (Å²) in [5, 5.41) is 6.88. The highest BCUT2D eigenvalue weighted by Crippen LogP contribution is 2.13. The van der Waals surface area contributed by atoms with Gasteiger partial charge in [0.05, 0.1) is 12.7 Å². The van der Waals surface area contributed by atoms with Gasteiger partial charge in [0.2, 0.25) is 0 Å². The Bertz CT molecular complexity index is 671. The van der Waals surface area contributed by atoms with Crippen LogP contribution in [0, 0.1) is 0 Å². The van der Waals surface area contributed by atoms with Crippen molar-refractivity contribution < 1.29 is 9.53 Å². The molecule has 2 aromatic carbocycles. The summed E-state index contributed by atoms with van der Waals surface area (Å²) in [6, 6.07) is 17.9. The third-order valence-corrected chi connectivity index (χ3v) is 5.09. The number of nitrogens with one attached hydrogen (secondary N) is 2. The largest absolute Gasteiger partial charge is 0.465 e. The van der Waals surface area contributed by atoms with E-state index in [4.69, 9.17) is 4.74 Å². The summed E-state index contributed by atoms with van der Waals surface area (Å²) in [5.74, 6) is -0.291. The number of anilines is 2. The van der Waals surface area contributed by atoms with Crippen molar-refractivity contribution in [3.63, 3.8) is 0 Å². The molecular weight excluding hydrogens is 360 g/mol. The maximum atomic E-state index is 11.4. The first-order chi connectivity index (χ1) is 14.3. The van der Waals surface area contributed by atoms with Crippen LogP contribution in [0.15, 0.2) is 54.6 Å². The van der Waals surface area contributed by atoms with Crippen molar-refractivity contribution in [3.8, 4) is 0 Å². The Morgan fingerprint density at radius 3 is 1.59 bits per heavy atom. The fraction of sp³-hybridized carbons (Fsp3) is 0.480. The number of hydrogen-bond donors (Lipinski definition) is 2. The zero-order valence-electron chi connectivity index (χ0n) is 17.8. The summed E-state index contributed by atoms with van der Waals surface area (Å²) < 4.78 is 4.71. The lowest BCUT2D eigenvalue weighted by atomic mass is 10.1. The van der Waals surface area contributed by atoms with Crippen molar-refractivity contribution in [2.75, 3.05) is 30.8 Å². The lowest BCUT2D eigenvalue weighted by molar-refractivity contribution is 0.0601. The first kappa shape index (κ1) is 22.8. The molecule has 0 fully saturated rings. The van der Waals surface area contributed by atoms with Crippen molar-refractivity contribution >= 4 is 17.3 Å². The third-order valence-electron chi connectivity index (χ3n) is 5.09. The number of carbonyl (C=O) groups is 1. The quantitative estimate of drug-likeness (QED) is 0.266. The molecule has 2 N–H and O–H groups in total. The molecule has 0 radical (unpaired) electrons. The van der Waals surface area contributed by atoms with Crippen LogP contribution < -0.4 is 10.6 Å². The number of benzene rings is 2.